The van der Waals surface area contributed by atoms with Crippen LogP contribution in [-0.2, 0) is 0 Å². The Labute approximate surface area is 165 Å². The van der Waals surface area contributed by atoms with Crippen molar-refractivity contribution < 1.29 is 4.79 Å². The quantitative estimate of drug-likeness (QED) is 0.604. The third kappa shape index (κ3) is 4.09. The molecule has 6 nitrogen and oxygen atoms in total. The zero-order valence-electron chi connectivity index (χ0n) is 15.2. The molecule has 0 bridgehead atoms. The zero-order chi connectivity index (χ0) is 19.6. The summed E-state index contributed by atoms with van der Waals surface area (Å²) in [4.78, 5) is 28.7. The Hall–Kier alpha value is -2.93. The van der Waals surface area contributed by atoms with Gasteiger partial charge in [0.2, 0.25) is 0 Å². The molecule has 7 heteroatoms. The van der Waals surface area contributed by atoms with Crippen LogP contribution in [0.1, 0.15) is 22.4 Å². The van der Waals surface area contributed by atoms with Crippen LogP contribution in [0.4, 0.5) is 10.5 Å². The Kier molecular flexibility index (Phi) is 5.41. The third-order valence-electron chi connectivity index (χ3n) is 4.36. The summed E-state index contributed by atoms with van der Waals surface area (Å²) in [5.41, 5.74) is 4.17. The van der Waals surface area contributed by atoms with E-state index in [-0.39, 0.29) is 5.56 Å². The molecule has 1 aromatic heterocycles. The number of carbonyl (C=O) groups is 1. The van der Waals surface area contributed by atoms with Gasteiger partial charge in [-0.1, -0.05) is 28.1 Å². The highest BCUT2D eigenvalue weighted by atomic mass is 79.9. The van der Waals surface area contributed by atoms with Crippen molar-refractivity contribution >= 4 is 33.9 Å². The zero-order valence-corrected chi connectivity index (χ0v) is 16.8. The Morgan fingerprint density at radius 3 is 2.56 bits per heavy atom. The fraction of sp³-hybridized carbons (Fsp3) is 0.150. The van der Waals surface area contributed by atoms with Crippen molar-refractivity contribution in [2.45, 2.75) is 20.8 Å². The van der Waals surface area contributed by atoms with E-state index < -0.39 is 6.03 Å². The number of anilines is 1. The number of benzene rings is 2. The van der Waals surface area contributed by atoms with Crippen LogP contribution < -0.4 is 10.9 Å². The van der Waals surface area contributed by atoms with Gasteiger partial charge in [0.15, 0.2) is 0 Å². The molecule has 138 valence electrons. The van der Waals surface area contributed by atoms with Gasteiger partial charge in [-0.15, -0.1) is 0 Å². The lowest BCUT2D eigenvalue weighted by Gasteiger charge is -2.07. The minimum atomic E-state index is -0.529. The van der Waals surface area contributed by atoms with E-state index in [2.05, 4.69) is 31.3 Å². The van der Waals surface area contributed by atoms with Crippen LogP contribution in [0, 0.1) is 20.8 Å². The van der Waals surface area contributed by atoms with Gasteiger partial charge in [0.25, 0.3) is 5.56 Å². The molecular formula is C20H19BrN4O2. The highest BCUT2D eigenvalue weighted by Crippen LogP contribution is 2.18. The Balaban J connectivity index is 1.83. The first kappa shape index (κ1) is 18.8. The SMILES string of the molecule is Cc1cccc(NC(=O)/N=C/c2c(C)[nH]n(-c3ccc(Br)cc3)c2=O)c1C. The first-order valence-corrected chi connectivity index (χ1v) is 9.15. The van der Waals surface area contributed by atoms with Crippen LogP contribution in [-0.4, -0.2) is 22.0 Å². The van der Waals surface area contributed by atoms with Gasteiger partial charge in [0.05, 0.1) is 11.3 Å². The summed E-state index contributed by atoms with van der Waals surface area (Å²) in [5, 5.41) is 5.75. The molecule has 0 saturated heterocycles. The molecule has 2 aromatic carbocycles. The number of carbonyl (C=O) groups excluding carboxylic acids is 1. The van der Waals surface area contributed by atoms with Crippen molar-refractivity contribution in [3.63, 3.8) is 0 Å². The molecule has 2 amide bonds. The molecule has 2 N–H and O–H groups in total. The van der Waals surface area contributed by atoms with Gasteiger partial charge < -0.3 is 5.32 Å². The van der Waals surface area contributed by atoms with Crippen molar-refractivity contribution in [1.29, 1.82) is 0 Å². The molecule has 0 fully saturated rings. The van der Waals surface area contributed by atoms with Gasteiger partial charge in [-0.3, -0.25) is 9.89 Å². The summed E-state index contributed by atoms with van der Waals surface area (Å²) >= 11 is 3.37. The number of aryl methyl sites for hydroxylation is 2. The molecule has 27 heavy (non-hydrogen) atoms. The second-order valence-corrected chi connectivity index (χ2v) is 7.12. The number of aliphatic imine (C=N–C) groups is 1. The maximum atomic E-state index is 12.6. The lowest BCUT2D eigenvalue weighted by atomic mass is 10.1. The average molecular weight is 427 g/mol. The fourth-order valence-corrected chi connectivity index (χ4v) is 2.91. The first-order valence-electron chi connectivity index (χ1n) is 8.35. The summed E-state index contributed by atoms with van der Waals surface area (Å²) in [5.74, 6) is 0. The number of H-pyrrole nitrogens is 1. The number of halogens is 1. The van der Waals surface area contributed by atoms with E-state index in [1.54, 1.807) is 6.92 Å². The van der Waals surface area contributed by atoms with Crippen molar-refractivity contribution in [3.05, 3.63) is 79.7 Å². The molecule has 0 atom stereocenters. The summed E-state index contributed by atoms with van der Waals surface area (Å²) in [7, 11) is 0. The lowest BCUT2D eigenvalue weighted by molar-refractivity contribution is 0.259. The van der Waals surface area contributed by atoms with E-state index in [0.29, 0.717) is 22.6 Å². The van der Waals surface area contributed by atoms with E-state index in [1.807, 2.05) is 56.3 Å². The summed E-state index contributed by atoms with van der Waals surface area (Å²) in [6, 6.07) is 12.5. The fourth-order valence-electron chi connectivity index (χ4n) is 2.64. The molecule has 3 aromatic rings. The average Bonchev–Trinajstić information content (AvgIpc) is 2.92. The van der Waals surface area contributed by atoms with Gasteiger partial charge in [-0.25, -0.2) is 14.5 Å². The number of amides is 2. The van der Waals surface area contributed by atoms with Crippen molar-refractivity contribution in [2.24, 2.45) is 4.99 Å². The van der Waals surface area contributed by atoms with E-state index >= 15 is 0 Å². The molecule has 1 heterocycles. The van der Waals surface area contributed by atoms with Crippen LogP contribution in [0.3, 0.4) is 0 Å². The largest absolute Gasteiger partial charge is 0.345 e. The maximum Gasteiger partial charge on any atom is 0.345 e. The van der Waals surface area contributed by atoms with E-state index in [1.165, 1.54) is 10.9 Å². The second kappa shape index (κ2) is 7.75. The minimum Gasteiger partial charge on any atom is -0.306 e. The standard InChI is InChI=1S/C20H19BrN4O2/c1-12-5-4-6-18(13(12)2)23-20(27)22-11-17-14(3)24-25(19(17)26)16-9-7-15(21)8-10-16/h4-11,24H,1-3H3,(H,23,27)/b22-11+. The van der Waals surface area contributed by atoms with Crippen LogP contribution in [0.2, 0.25) is 0 Å². The monoisotopic (exact) mass is 426 g/mol. The third-order valence-corrected chi connectivity index (χ3v) is 4.89. The first-order chi connectivity index (χ1) is 12.9. The number of hydrogen-bond acceptors (Lipinski definition) is 2. The molecule has 3 rings (SSSR count). The topological polar surface area (TPSA) is 79.2 Å². The van der Waals surface area contributed by atoms with Crippen LogP contribution in [0.15, 0.2) is 56.7 Å². The van der Waals surface area contributed by atoms with E-state index in [4.69, 9.17) is 0 Å². The van der Waals surface area contributed by atoms with E-state index in [9.17, 15) is 9.59 Å². The molecule has 0 aliphatic rings. The van der Waals surface area contributed by atoms with Gasteiger partial charge in [-0.2, -0.15) is 0 Å². The van der Waals surface area contributed by atoms with Crippen LogP contribution >= 0.6 is 15.9 Å². The molecule has 0 unspecified atom stereocenters. The molecule has 0 radical (unpaired) electrons. The number of hydrogen-bond donors (Lipinski definition) is 2. The Bertz CT molecular complexity index is 1080. The Morgan fingerprint density at radius 2 is 1.85 bits per heavy atom. The van der Waals surface area contributed by atoms with Crippen molar-refractivity contribution in [3.8, 4) is 5.69 Å². The van der Waals surface area contributed by atoms with E-state index in [0.717, 1.165) is 15.6 Å². The predicted molar refractivity (Wildman–Crippen MR) is 111 cm³/mol. The molecule has 0 spiro atoms. The number of nitrogens with one attached hydrogen (secondary N) is 2. The molecule has 0 aliphatic carbocycles. The molecule has 0 saturated carbocycles. The van der Waals surface area contributed by atoms with Gasteiger partial charge >= 0.3 is 6.03 Å². The van der Waals surface area contributed by atoms with Gasteiger partial charge in [-0.05, 0) is 62.2 Å². The number of rotatable bonds is 3. The van der Waals surface area contributed by atoms with Gasteiger partial charge in [0.1, 0.15) is 0 Å². The predicted octanol–water partition coefficient (Wildman–Crippen LogP) is 4.50. The number of aromatic amines is 1. The molecule has 0 aliphatic heterocycles. The summed E-state index contributed by atoms with van der Waals surface area (Å²) in [6.07, 6.45) is 1.30. The normalized spacial score (nSPS) is 11.1. The number of urea groups is 1. The highest BCUT2D eigenvalue weighted by molar-refractivity contribution is 9.10. The maximum absolute atomic E-state index is 12.6. The van der Waals surface area contributed by atoms with Gasteiger partial charge in [0, 0.05) is 22.1 Å². The second-order valence-electron chi connectivity index (χ2n) is 6.20. The van der Waals surface area contributed by atoms with Crippen molar-refractivity contribution in [1.82, 2.24) is 9.78 Å². The van der Waals surface area contributed by atoms with Crippen molar-refractivity contribution in [2.75, 3.05) is 5.32 Å². The highest BCUT2D eigenvalue weighted by Gasteiger charge is 2.11. The summed E-state index contributed by atoms with van der Waals surface area (Å²) < 4.78 is 2.35. The number of nitrogens with zero attached hydrogens (tertiary/aromatic N) is 2. The number of aromatic nitrogens is 2. The summed E-state index contributed by atoms with van der Waals surface area (Å²) in [6.45, 7) is 5.67. The smallest absolute Gasteiger partial charge is 0.306 e. The Morgan fingerprint density at radius 1 is 1.15 bits per heavy atom. The van der Waals surface area contributed by atoms with Crippen LogP contribution in [0.25, 0.3) is 5.69 Å². The lowest BCUT2D eigenvalue weighted by Crippen LogP contribution is -2.17. The minimum absolute atomic E-state index is 0.266. The molecular weight excluding hydrogens is 408 g/mol. The van der Waals surface area contributed by atoms with Crippen LogP contribution in [0.5, 0.6) is 0 Å².